The van der Waals surface area contributed by atoms with Gasteiger partial charge in [0.15, 0.2) is 11.5 Å². The van der Waals surface area contributed by atoms with Crippen molar-refractivity contribution in [3.05, 3.63) is 22.2 Å². The van der Waals surface area contributed by atoms with Gasteiger partial charge in [0, 0.05) is 24.7 Å². The number of piperidine rings is 1. The Bertz CT molecular complexity index is 511. The predicted octanol–water partition coefficient (Wildman–Crippen LogP) is 2.88. The molecule has 2 heterocycles. The molecule has 0 aliphatic carbocycles. The monoisotopic (exact) mass is 354 g/mol. The number of phenols is 1. The second-order valence-electron chi connectivity index (χ2n) is 6.31. The van der Waals surface area contributed by atoms with Gasteiger partial charge in [0.25, 0.3) is 0 Å². The molecule has 2 fully saturated rings. The summed E-state index contributed by atoms with van der Waals surface area (Å²) >= 11 is 3.39. The minimum Gasteiger partial charge on any atom is -0.503 e. The summed E-state index contributed by atoms with van der Waals surface area (Å²) in [6, 6.07) is 5.95. The lowest BCUT2D eigenvalue weighted by molar-refractivity contribution is 0.165. The minimum absolute atomic E-state index is 0.170. The molecular formula is C16H23BrN2O2. The molecule has 0 aromatic heterocycles. The van der Waals surface area contributed by atoms with E-state index in [1.165, 1.54) is 25.7 Å². The highest BCUT2D eigenvalue weighted by Gasteiger charge is 2.35. The van der Waals surface area contributed by atoms with E-state index < -0.39 is 0 Å². The molecule has 0 spiro atoms. The Morgan fingerprint density at radius 3 is 2.62 bits per heavy atom. The van der Waals surface area contributed by atoms with Crippen molar-refractivity contribution >= 4 is 15.9 Å². The molecule has 4 nitrogen and oxygen atoms in total. The third kappa shape index (κ3) is 3.20. The number of benzene rings is 1. The van der Waals surface area contributed by atoms with Gasteiger partial charge in [-0.3, -0.25) is 4.90 Å². The first-order valence-electron chi connectivity index (χ1n) is 7.58. The summed E-state index contributed by atoms with van der Waals surface area (Å²) in [6.07, 6.45) is 5.13. The second kappa shape index (κ2) is 6.15. The highest BCUT2D eigenvalue weighted by Crippen LogP contribution is 2.36. The highest BCUT2D eigenvalue weighted by molar-refractivity contribution is 9.10. The minimum atomic E-state index is 0.170. The van der Waals surface area contributed by atoms with E-state index in [0.29, 0.717) is 28.3 Å². The van der Waals surface area contributed by atoms with Crippen LogP contribution in [0.5, 0.6) is 11.5 Å². The summed E-state index contributed by atoms with van der Waals surface area (Å²) in [5.74, 6) is 0.696. The number of hydrogen-bond acceptors (Lipinski definition) is 4. The molecule has 2 aliphatic rings. The van der Waals surface area contributed by atoms with Crippen molar-refractivity contribution in [3.8, 4) is 11.5 Å². The van der Waals surface area contributed by atoms with Crippen LogP contribution in [-0.4, -0.2) is 42.3 Å². The predicted molar refractivity (Wildman–Crippen MR) is 86.8 cm³/mol. The fraction of sp³-hybridized carbons (Fsp3) is 0.625. The lowest BCUT2D eigenvalue weighted by Crippen LogP contribution is -2.46. The Balaban J connectivity index is 1.70. The third-order valence-corrected chi connectivity index (χ3v) is 5.42. The molecule has 21 heavy (non-hydrogen) atoms. The molecule has 116 valence electrons. The van der Waals surface area contributed by atoms with Crippen LogP contribution < -0.4 is 10.1 Å². The lowest BCUT2D eigenvalue weighted by atomic mass is 9.98. The fourth-order valence-electron chi connectivity index (χ4n) is 3.68. The van der Waals surface area contributed by atoms with Crippen LogP contribution in [0.2, 0.25) is 0 Å². The third-order valence-electron chi connectivity index (χ3n) is 4.81. The average Bonchev–Trinajstić information content (AvgIpc) is 2.81. The van der Waals surface area contributed by atoms with Crippen molar-refractivity contribution in [2.24, 2.45) is 0 Å². The smallest absolute Gasteiger partial charge is 0.172 e. The van der Waals surface area contributed by atoms with Gasteiger partial charge in [-0.25, -0.2) is 0 Å². The van der Waals surface area contributed by atoms with Gasteiger partial charge in [0.2, 0.25) is 0 Å². The molecule has 2 unspecified atom stereocenters. The fourth-order valence-corrected chi connectivity index (χ4v) is 4.17. The summed E-state index contributed by atoms with van der Waals surface area (Å²) in [5, 5.41) is 13.6. The first kappa shape index (κ1) is 15.1. The SMILES string of the molecule is COc1cc(CN(C)C2CC3CCC(C2)N3)cc(Br)c1O. The van der Waals surface area contributed by atoms with Gasteiger partial charge in [0.1, 0.15) is 0 Å². The molecule has 5 heteroatoms. The summed E-state index contributed by atoms with van der Waals surface area (Å²) in [7, 11) is 3.78. The van der Waals surface area contributed by atoms with Gasteiger partial charge in [-0.1, -0.05) is 0 Å². The number of phenolic OH excluding ortho intramolecular Hbond substituents is 1. The van der Waals surface area contributed by atoms with Gasteiger partial charge in [-0.15, -0.1) is 0 Å². The zero-order valence-corrected chi connectivity index (χ0v) is 14.2. The van der Waals surface area contributed by atoms with Crippen LogP contribution >= 0.6 is 15.9 Å². The summed E-state index contributed by atoms with van der Waals surface area (Å²) in [5.41, 5.74) is 1.16. The van der Waals surface area contributed by atoms with E-state index in [2.05, 4.69) is 33.2 Å². The topological polar surface area (TPSA) is 44.7 Å². The van der Waals surface area contributed by atoms with Crippen molar-refractivity contribution < 1.29 is 9.84 Å². The number of hydrogen-bond donors (Lipinski definition) is 2. The van der Waals surface area contributed by atoms with Crippen molar-refractivity contribution in [1.82, 2.24) is 10.2 Å². The van der Waals surface area contributed by atoms with Gasteiger partial charge >= 0.3 is 0 Å². The highest BCUT2D eigenvalue weighted by atomic mass is 79.9. The molecule has 2 bridgehead atoms. The normalized spacial score (nSPS) is 28.1. The Kier molecular flexibility index (Phi) is 4.43. The number of fused-ring (bicyclic) bond motifs is 2. The van der Waals surface area contributed by atoms with Gasteiger partial charge in [-0.05, 0) is 66.4 Å². The number of nitrogens with one attached hydrogen (secondary N) is 1. The number of aromatic hydroxyl groups is 1. The first-order chi connectivity index (χ1) is 10.1. The molecule has 0 saturated carbocycles. The maximum Gasteiger partial charge on any atom is 0.172 e. The van der Waals surface area contributed by atoms with E-state index in [1.54, 1.807) is 7.11 Å². The van der Waals surface area contributed by atoms with Crippen LogP contribution in [0.1, 0.15) is 31.2 Å². The van der Waals surface area contributed by atoms with Crippen molar-refractivity contribution in [3.63, 3.8) is 0 Å². The maximum absolute atomic E-state index is 9.89. The van der Waals surface area contributed by atoms with Crippen molar-refractivity contribution in [2.45, 2.75) is 50.4 Å². The largest absolute Gasteiger partial charge is 0.503 e. The average molecular weight is 355 g/mol. The second-order valence-corrected chi connectivity index (χ2v) is 7.16. The molecule has 3 rings (SSSR count). The quantitative estimate of drug-likeness (QED) is 0.872. The molecule has 0 amide bonds. The van der Waals surface area contributed by atoms with E-state index in [9.17, 15) is 5.11 Å². The molecule has 1 aromatic rings. The lowest BCUT2D eigenvalue weighted by Gasteiger charge is -2.35. The molecular weight excluding hydrogens is 332 g/mol. The van der Waals surface area contributed by atoms with Crippen LogP contribution in [0.25, 0.3) is 0 Å². The maximum atomic E-state index is 9.89. The molecule has 2 N–H and O–H groups in total. The van der Waals surface area contributed by atoms with E-state index >= 15 is 0 Å². The Morgan fingerprint density at radius 2 is 2.00 bits per heavy atom. The van der Waals surface area contributed by atoms with Crippen molar-refractivity contribution in [2.75, 3.05) is 14.2 Å². The van der Waals surface area contributed by atoms with Crippen LogP contribution in [0, 0.1) is 0 Å². The number of halogens is 1. The Hall–Kier alpha value is -0.780. The van der Waals surface area contributed by atoms with Crippen LogP contribution in [0.3, 0.4) is 0 Å². The summed E-state index contributed by atoms with van der Waals surface area (Å²) < 4.78 is 5.92. The number of ether oxygens (including phenoxy) is 1. The van der Waals surface area contributed by atoms with Crippen LogP contribution in [-0.2, 0) is 6.54 Å². The molecule has 0 radical (unpaired) electrons. The Morgan fingerprint density at radius 1 is 1.33 bits per heavy atom. The van der Waals surface area contributed by atoms with E-state index in [4.69, 9.17) is 4.74 Å². The summed E-state index contributed by atoms with van der Waals surface area (Å²) in [6.45, 7) is 0.874. The van der Waals surface area contributed by atoms with E-state index in [0.717, 1.165) is 12.1 Å². The van der Waals surface area contributed by atoms with E-state index in [-0.39, 0.29) is 5.75 Å². The van der Waals surface area contributed by atoms with Crippen LogP contribution in [0.4, 0.5) is 0 Å². The molecule has 1 aromatic carbocycles. The number of rotatable bonds is 4. The number of methoxy groups -OCH3 is 1. The van der Waals surface area contributed by atoms with Gasteiger partial charge in [-0.2, -0.15) is 0 Å². The zero-order valence-electron chi connectivity index (χ0n) is 12.6. The molecule has 2 atom stereocenters. The summed E-state index contributed by atoms with van der Waals surface area (Å²) in [4.78, 5) is 2.43. The first-order valence-corrected chi connectivity index (χ1v) is 8.37. The van der Waals surface area contributed by atoms with Crippen LogP contribution in [0.15, 0.2) is 16.6 Å². The molecule has 2 saturated heterocycles. The molecule has 2 aliphatic heterocycles. The zero-order chi connectivity index (χ0) is 15.0. The van der Waals surface area contributed by atoms with Gasteiger partial charge in [0.05, 0.1) is 11.6 Å². The number of nitrogens with zero attached hydrogens (tertiary/aromatic N) is 1. The Labute approximate surface area is 134 Å². The van der Waals surface area contributed by atoms with Gasteiger partial charge < -0.3 is 15.2 Å². The van der Waals surface area contributed by atoms with Crippen molar-refractivity contribution in [1.29, 1.82) is 0 Å². The van der Waals surface area contributed by atoms with E-state index in [1.807, 2.05) is 12.1 Å². The standard InChI is InChI=1S/C16H23BrN2O2/c1-19(13-7-11-3-4-12(8-13)18-11)9-10-5-14(17)16(20)15(6-10)21-2/h5-6,11-13,18,20H,3-4,7-9H2,1-2H3.